The second kappa shape index (κ2) is 6.78. The zero-order valence-corrected chi connectivity index (χ0v) is 15.6. The number of aryl methyl sites for hydroxylation is 1. The molecule has 26 heavy (non-hydrogen) atoms. The van der Waals surface area contributed by atoms with Gasteiger partial charge in [-0.15, -0.1) is 0 Å². The number of halogens is 1. The fraction of sp³-hybridized carbons (Fsp3) is 0.286. The quantitative estimate of drug-likeness (QED) is 0.639. The molecular weight excluding hydrogens is 350 g/mol. The van der Waals surface area contributed by atoms with Gasteiger partial charge in [0.1, 0.15) is 18.1 Å². The van der Waals surface area contributed by atoms with E-state index in [2.05, 4.69) is 4.90 Å². The van der Waals surface area contributed by atoms with Crippen LogP contribution in [-0.4, -0.2) is 18.2 Å². The van der Waals surface area contributed by atoms with Crippen LogP contribution in [0.4, 0.5) is 0 Å². The van der Waals surface area contributed by atoms with Crippen LogP contribution in [0.2, 0.25) is 5.02 Å². The summed E-state index contributed by atoms with van der Waals surface area (Å²) in [6, 6.07) is 11.9. The molecule has 1 aliphatic heterocycles. The Kier molecular flexibility index (Phi) is 4.47. The molecular formula is C21H20ClNO3. The summed E-state index contributed by atoms with van der Waals surface area (Å²) in [7, 11) is 0. The van der Waals surface area contributed by atoms with Crippen LogP contribution in [0.25, 0.3) is 11.0 Å². The summed E-state index contributed by atoms with van der Waals surface area (Å²) in [5.74, 6) is 0.798. The van der Waals surface area contributed by atoms with Crippen molar-refractivity contribution in [3.05, 3.63) is 74.1 Å². The number of rotatable bonds is 3. The van der Waals surface area contributed by atoms with Gasteiger partial charge in [0, 0.05) is 29.1 Å². The number of hydrogen-bond acceptors (Lipinski definition) is 4. The molecule has 0 bridgehead atoms. The van der Waals surface area contributed by atoms with Crippen LogP contribution in [0.5, 0.6) is 5.75 Å². The molecule has 4 rings (SSSR count). The van der Waals surface area contributed by atoms with E-state index in [1.165, 1.54) is 5.56 Å². The predicted octanol–water partition coefficient (Wildman–Crippen LogP) is 4.46. The first-order valence-electron chi connectivity index (χ1n) is 8.68. The van der Waals surface area contributed by atoms with Crippen LogP contribution in [0.15, 0.2) is 45.6 Å². The molecule has 1 aliphatic rings. The molecule has 0 fully saturated rings. The largest absolute Gasteiger partial charge is 0.478 e. The lowest BCUT2D eigenvalue weighted by Gasteiger charge is -2.29. The highest BCUT2D eigenvalue weighted by Crippen LogP contribution is 2.33. The molecule has 5 heteroatoms. The van der Waals surface area contributed by atoms with Gasteiger partial charge in [0.25, 0.3) is 0 Å². The lowest BCUT2D eigenvalue weighted by molar-refractivity contribution is 0.0968. The third kappa shape index (κ3) is 3.11. The average Bonchev–Trinajstić information content (AvgIpc) is 2.65. The van der Waals surface area contributed by atoms with Gasteiger partial charge in [0.2, 0.25) is 0 Å². The van der Waals surface area contributed by atoms with Gasteiger partial charge in [-0.05, 0) is 55.7 Å². The van der Waals surface area contributed by atoms with Crippen molar-refractivity contribution in [2.24, 2.45) is 0 Å². The zero-order valence-electron chi connectivity index (χ0n) is 14.8. The molecule has 2 heterocycles. The maximum absolute atomic E-state index is 12.1. The summed E-state index contributed by atoms with van der Waals surface area (Å²) in [5.41, 5.74) is 4.18. The van der Waals surface area contributed by atoms with E-state index in [-0.39, 0.29) is 5.63 Å². The van der Waals surface area contributed by atoms with E-state index in [1.54, 1.807) is 6.92 Å². The fourth-order valence-electron chi connectivity index (χ4n) is 3.34. The third-order valence-corrected chi connectivity index (χ3v) is 5.35. The van der Waals surface area contributed by atoms with Gasteiger partial charge in [0.05, 0.1) is 5.56 Å². The molecule has 0 atom stereocenters. The first-order chi connectivity index (χ1) is 12.5. The van der Waals surface area contributed by atoms with Gasteiger partial charge in [-0.1, -0.05) is 23.7 Å². The molecule has 1 aromatic heterocycles. The first kappa shape index (κ1) is 17.1. The molecule has 0 radical (unpaired) electrons. The van der Waals surface area contributed by atoms with E-state index >= 15 is 0 Å². The van der Waals surface area contributed by atoms with Crippen molar-refractivity contribution < 1.29 is 9.15 Å². The predicted molar refractivity (Wildman–Crippen MR) is 103 cm³/mol. The highest BCUT2D eigenvalue weighted by molar-refractivity contribution is 6.30. The van der Waals surface area contributed by atoms with Crippen LogP contribution in [0.3, 0.4) is 0 Å². The van der Waals surface area contributed by atoms with E-state index in [0.717, 1.165) is 40.3 Å². The van der Waals surface area contributed by atoms with Crippen molar-refractivity contribution in [2.45, 2.75) is 26.8 Å². The van der Waals surface area contributed by atoms with Gasteiger partial charge in [-0.2, -0.15) is 0 Å². The number of fused-ring (bicyclic) bond motifs is 3. The van der Waals surface area contributed by atoms with Crippen LogP contribution >= 0.6 is 11.6 Å². The van der Waals surface area contributed by atoms with Crippen molar-refractivity contribution in [2.75, 3.05) is 13.3 Å². The summed E-state index contributed by atoms with van der Waals surface area (Å²) < 4.78 is 11.5. The Labute approximate surface area is 156 Å². The van der Waals surface area contributed by atoms with Crippen molar-refractivity contribution in [1.82, 2.24) is 4.90 Å². The number of ether oxygens (including phenoxy) is 1. The molecule has 0 amide bonds. The maximum atomic E-state index is 12.1. The average molecular weight is 370 g/mol. The Hall–Kier alpha value is -2.30. The second-order valence-electron chi connectivity index (χ2n) is 6.76. The standard InChI is InChI=1S/C21H20ClNO3/c1-13-14(2)21(24)26-20-17(13)7-8-19-18(20)11-23(12-25-19)10-9-15-3-5-16(22)6-4-15/h3-8H,9-12H2,1-2H3. The topological polar surface area (TPSA) is 42.7 Å². The molecule has 4 nitrogen and oxygen atoms in total. The summed E-state index contributed by atoms with van der Waals surface area (Å²) in [5, 5.41) is 1.72. The van der Waals surface area contributed by atoms with E-state index < -0.39 is 0 Å². The van der Waals surface area contributed by atoms with Gasteiger partial charge in [-0.25, -0.2) is 4.79 Å². The molecule has 0 N–H and O–H groups in total. The normalized spacial score (nSPS) is 14.3. The minimum Gasteiger partial charge on any atom is -0.478 e. The van der Waals surface area contributed by atoms with Crippen LogP contribution < -0.4 is 10.4 Å². The first-order valence-corrected chi connectivity index (χ1v) is 9.06. The molecule has 0 saturated heterocycles. The summed E-state index contributed by atoms with van der Waals surface area (Å²) in [4.78, 5) is 14.3. The molecule has 0 saturated carbocycles. The van der Waals surface area contributed by atoms with E-state index in [0.29, 0.717) is 24.4 Å². The smallest absolute Gasteiger partial charge is 0.339 e. The van der Waals surface area contributed by atoms with Crippen molar-refractivity contribution >= 4 is 22.6 Å². The summed E-state index contributed by atoms with van der Waals surface area (Å²) >= 11 is 5.94. The van der Waals surface area contributed by atoms with Crippen LogP contribution in [0, 0.1) is 13.8 Å². The molecule has 0 aliphatic carbocycles. The highest BCUT2D eigenvalue weighted by atomic mass is 35.5. The molecule has 0 unspecified atom stereocenters. The Balaban J connectivity index is 1.61. The monoisotopic (exact) mass is 369 g/mol. The Morgan fingerprint density at radius 3 is 2.62 bits per heavy atom. The third-order valence-electron chi connectivity index (χ3n) is 5.10. The Bertz CT molecular complexity index is 1020. The minimum absolute atomic E-state index is 0.276. The number of nitrogens with zero attached hydrogens (tertiary/aromatic N) is 1. The lowest BCUT2D eigenvalue weighted by Crippen LogP contribution is -2.33. The highest BCUT2D eigenvalue weighted by Gasteiger charge is 2.22. The van der Waals surface area contributed by atoms with E-state index in [9.17, 15) is 4.79 Å². The number of benzene rings is 2. The Morgan fingerprint density at radius 2 is 1.85 bits per heavy atom. The van der Waals surface area contributed by atoms with Crippen LogP contribution in [-0.2, 0) is 13.0 Å². The SMILES string of the molecule is Cc1c(C)c2ccc3c(c2oc1=O)CN(CCc1ccc(Cl)cc1)CO3. The van der Waals surface area contributed by atoms with Crippen molar-refractivity contribution in [3.63, 3.8) is 0 Å². The molecule has 2 aromatic carbocycles. The van der Waals surface area contributed by atoms with Crippen molar-refractivity contribution in [3.8, 4) is 5.75 Å². The lowest BCUT2D eigenvalue weighted by atomic mass is 10.0. The zero-order chi connectivity index (χ0) is 18.3. The van der Waals surface area contributed by atoms with Gasteiger partial charge in [-0.3, -0.25) is 4.90 Å². The van der Waals surface area contributed by atoms with E-state index in [4.69, 9.17) is 20.8 Å². The Morgan fingerprint density at radius 1 is 1.08 bits per heavy atom. The fourth-order valence-corrected chi connectivity index (χ4v) is 3.47. The van der Waals surface area contributed by atoms with E-state index in [1.807, 2.05) is 43.3 Å². The van der Waals surface area contributed by atoms with Gasteiger partial charge in [0.15, 0.2) is 0 Å². The molecule has 0 spiro atoms. The minimum atomic E-state index is -0.276. The second-order valence-corrected chi connectivity index (χ2v) is 7.20. The summed E-state index contributed by atoms with van der Waals surface area (Å²) in [6.45, 7) is 5.84. The molecule has 3 aromatic rings. The van der Waals surface area contributed by atoms with Crippen LogP contribution in [0.1, 0.15) is 22.3 Å². The summed E-state index contributed by atoms with van der Waals surface area (Å²) in [6.07, 6.45) is 0.905. The maximum Gasteiger partial charge on any atom is 0.339 e. The number of hydrogen-bond donors (Lipinski definition) is 0. The molecule has 134 valence electrons. The van der Waals surface area contributed by atoms with Crippen molar-refractivity contribution in [1.29, 1.82) is 0 Å². The van der Waals surface area contributed by atoms with Gasteiger partial charge < -0.3 is 9.15 Å². The van der Waals surface area contributed by atoms with Gasteiger partial charge >= 0.3 is 5.63 Å².